The minimum Gasteiger partial charge on any atom is -0.328 e. The van der Waals surface area contributed by atoms with Crippen LogP contribution in [0.25, 0.3) is 11.1 Å². The molecule has 0 atom stereocenters. The molecule has 0 aliphatic carbocycles. The topological polar surface area (TPSA) is 46.1 Å². The second kappa shape index (κ2) is 6.09. The predicted octanol–water partition coefficient (Wildman–Crippen LogP) is 3.75. The molecule has 1 aromatic carbocycles. The van der Waals surface area contributed by atoms with E-state index in [0.717, 1.165) is 22.3 Å². The van der Waals surface area contributed by atoms with Crippen LogP contribution in [0.2, 0.25) is 0 Å². The molecule has 3 aromatic rings. The van der Waals surface area contributed by atoms with Crippen molar-refractivity contribution in [2.24, 2.45) is 0 Å². The van der Waals surface area contributed by atoms with Crippen LogP contribution in [0, 0.1) is 12.7 Å². The van der Waals surface area contributed by atoms with E-state index in [1.165, 1.54) is 6.07 Å². The average molecular weight is 333 g/mol. The number of benzene rings is 1. The average Bonchev–Trinajstić information content (AvgIpc) is 2.93. The van der Waals surface area contributed by atoms with Gasteiger partial charge in [-0.1, -0.05) is 18.2 Å². The third-order valence-corrected chi connectivity index (χ3v) is 4.36. The molecule has 5 heteroatoms. The Morgan fingerprint density at radius 2 is 2.04 bits per heavy atom. The summed E-state index contributed by atoms with van der Waals surface area (Å²) in [5.74, 6) is -0.474. The third kappa shape index (κ3) is 2.89. The molecule has 25 heavy (non-hydrogen) atoms. The lowest BCUT2D eigenvalue weighted by atomic mass is 10.0. The second-order valence-electron chi connectivity index (χ2n) is 6.23. The highest BCUT2D eigenvalue weighted by Gasteiger charge is 2.28. The van der Waals surface area contributed by atoms with Crippen molar-refractivity contribution in [3.05, 3.63) is 83.2 Å². The first kappa shape index (κ1) is 15.4. The zero-order chi connectivity index (χ0) is 17.4. The third-order valence-electron chi connectivity index (χ3n) is 4.36. The molecule has 0 fully saturated rings. The number of hydrogen-bond donors (Lipinski definition) is 0. The fourth-order valence-electron chi connectivity index (χ4n) is 3.09. The molecular formula is C20H16FN3O. The van der Waals surface area contributed by atoms with Crippen LogP contribution >= 0.6 is 0 Å². The lowest BCUT2D eigenvalue weighted by molar-refractivity contribution is 0.0761. The zero-order valence-electron chi connectivity index (χ0n) is 13.7. The first-order chi connectivity index (χ1) is 12.1. The number of nitrogens with zero attached hydrogens (tertiary/aromatic N) is 3. The summed E-state index contributed by atoms with van der Waals surface area (Å²) in [6.07, 6.45) is 5.08. The van der Waals surface area contributed by atoms with E-state index in [0.29, 0.717) is 17.8 Å². The van der Waals surface area contributed by atoms with E-state index in [2.05, 4.69) is 9.97 Å². The summed E-state index contributed by atoms with van der Waals surface area (Å²) < 4.78 is 14.6. The maximum Gasteiger partial charge on any atom is 0.273 e. The van der Waals surface area contributed by atoms with Crippen molar-refractivity contribution in [2.45, 2.75) is 20.0 Å². The number of carbonyl (C=O) groups is 1. The quantitative estimate of drug-likeness (QED) is 0.733. The Kier molecular flexibility index (Phi) is 3.76. The number of amides is 1. The van der Waals surface area contributed by atoms with E-state index >= 15 is 0 Å². The van der Waals surface area contributed by atoms with Gasteiger partial charge < -0.3 is 4.90 Å². The number of halogens is 1. The summed E-state index contributed by atoms with van der Waals surface area (Å²) in [5, 5.41) is 0. The van der Waals surface area contributed by atoms with Crippen LogP contribution < -0.4 is 0 Å². The van der Waals surface area contributed by atoms with Gasteiger partial charge in [0.05, 0.1) is 0 Å². The van der Waals surface area contributed by atoms with Gasteiger partial charge in [-0.05, 0) is 36.2 Å². The first-order valence-corrected chi connectivity index (χ1v) is 8.05. The van der Waals surface area contributed by atoms with Crippen LogP contribution in [0.4, 0.5) is 4.39 Å². The Balaban J connectivity index is 1.58. The minimum atomic E-state index is -0.323. The SMILES string of the molecule is Cc1cncc(-c2ccc(CN3Cc4cccnc4C3=O)c(F)c2)c1. The van der Waals surface area contributed by atoms with Crippen LogP contribution in [-0.4, -0.2) is 20.8 Å². The lowest BCUT2D eigenvalue weighted by Gasteiger charge is -2.16. The van der Waals surface area contributed by atoms with Crippen molar-refractivity contribution >= 4 is 5.91 Å². The fraction of sp³-hybridized carbons (Fsp3) is 0.150. The molecule has 1 aliphatic heterocycles. The van der Waals surface area contributed by atoms with Crippen LogP contribution in [-0.2, 0) is 13.1 Å². The van der Waals surface area contributed by atoms with Crippen LogP contribution in [0.5, 0.6) is 0 Å². The van der Waals surface area contributed by atoms with Gasteiger partial charge in [0.25, 0.3) is 5.91 Å². The summed E-state index contributed by atoms with van der Waals surface area (Å²) in [6, 6.07) is 10.7. The van der Waals surface area contributed by atoms with Crippen molar-refractivity contribution in [1.29, 1.82) is 0 Å². The number of hydrogen-bond acceptors (Lipinski definition) is 3. The van der Waals surface area contributed by atoms with Gasteiger partial charge in [0.1, 0.15) is 11.5 Å². The highest BCUT2D eigenvalue weighted by molar-refractivity contribution is 5.96. The normalized spacial score (nSPS) is 13.2. The smallest absolute Gasteiger partial charge is 0.273 e. The van der Waals surface area contributed by atoms with Crippen molar-refractivity contribution in [1.82, 2.24) is 14.9 Å². The molecule has 0 saturated carbocycles. The van der Waals surface area contributed by atoms with Crippen molar-refractivity contribution < 1.29 is 9.18 Å². The van der Waals surface area contributed by atoms with Gasteiger partial charge in [0.2, 0.25) is 0 Å². The van der Waals surface area contributed by atoms with E-state index in [4.69, 9.17) is 0 Å². The molecule has 0 radical (unpaired) electrons. The predicted molar refractivity (Wildman–Crippen MR) is 92.2 cm³/mol. The van der Waals surface area contributed by atoms with Gasteiger partial charge in [-0.2, -0.15) is 0 Å². The number of carbonyl (C=O) groups excluding carboxylic acids is 1. The molecule has 0 spiro atoms. The Bertz CT molecular complexity index is 971. The highest BCUT2D eigenvalue weighted by Crippen LogP contribution is 2.26. The zero-order valence-corrected chi connectivity index (χ0v) is 13.7. The van der Waals surface area contributed by atoms with Gasteiger partial charge >= 0.3 is 0 Å². The molecule has 1 amide bonds. The van der Waals surface area contributed by atoms with Gasteiger partial charge in [-0.3, -0.25) is 14.8 Å². The molecule has 0 unspecified atom stereocenters. The molecule has 4 rings (SSSR count). The molecule has 0 saturated heterocycles. The second-order valence-corrected chi connectivity index (χ2v) is 6.23. The Morgan fingerprint density at radius 3 is 2.80 bits per heavy atom. The molecule has 0 bridgehead atoms. The largest absolute Gasteiger partial charge is 0.328 e. The van der Waals surface area contributed by atoms with Gasteiger partial charge in [-0.25, -0.2) is 4.39 Å². The lowest BCUT2D eigenvalue weighted by Crippen LogP contribution is -2.24. The van der Waals surface area contributed by atoms with E-state index in [1.54, 1.807) is 35.6 Å². The standard InChI is InChI=1S/C20H16FN3O/c1-13-7-17(10-22-9-13)14-4-5-15(18(21)8-14)11-24-12-16-3-2-6-23-19(16)20(24)25/h2-10H,11-12H2,1H3. The number of pyridine rings is 2. The van der Waals surface area contributed by atoms with Crippen LogP contribution in [0.3, 0.4) is 0 Å². The fourth-order valence-corrected chi connectivity index (χ4v) is 3.09. The first-order valence-electron chi connectivity index (χ1n) is 8.05. The summed E-state index contributed by atoms with van der Waals surface area (Å²) >= 11 is 0. The van der Waals surface area contributed by atoms with E-state index in [9.17, 15) is 9.18 Å². The Hall–Kier alpha value is -3.08. The molecule has 3 heterocycles. The van der Waals surface area contributed by atoms with Crippen molar-refractivity contribution in [2.75, 3.05) is 0 Å². The number of fused-ring (bicyclic) bond motifs is 1. The molecule has 1 aliphatic rings. The maximum absolute atomic E-state index is 14.6. The Morgan fingerprint density at radius 1 is 1.16 bits per heavy atom. The number of aryl methyl sites for hydroxylation is 1. The molecule has 4 nitrogen and oxygen atoms in total. The van der Waals surface area contributed by atoms with Gasteiger partial charge in [0.15, 0.2) is 0 Å². The van der Waals surface area contributed by atoms with Crippen molar-refractivity contribution in [3.8, 4) is 11.1 Å². The van der Waals surface area contributed by atoms with E-state index in [1.807, 2.05) is 25.1 Å². The Labute approximate surface area is 145 Å². The maximum atomic E-state index is 14.6. The van der Waals surface area contributed by atoms with E-state index < -0.39 is 0 Å². The number of rotatable bonds is 3. The summed E-state index contributed by atoms with van der Waals surface area (Å²) in [6.45, 7) is 2.64. The molecule has 0 N–H and O–H groups in total. The molecular weight excluding hydrogens is 317 g/mol. The van der Waals surface area contributed by atoms with Crippen LogP contribution in [0.15, 0.2) is 55.0 Å². The van der Waals surface area contributed by atoms with Gasteiger partial charge in [0, 0.05) is 48.4 Å². The van der Waals surface area contributed by atoms with Crippen LogP contribution in [0.1, 0.15) is 27.2 Å². The highest BCUT2D eigenvalue weighted by atomic mass is 19.1. The van der Waals surface area contributed by atoms with Crippen molar-refractivity contribution in [3.63, 3.8) is 0 Å². The minimum absolute atomic E-state index is 0.151. The number of aromatic nitrogens is 2. The summed E-state index contributed by atoms with van der Waals surface area (Å²) in [7, 11) is 0. The monoisotopic (exact) mass is 333 g/mol. The van der Waals surface area contributed by atoms with E-state index in [-0.39, 0.29) is 18.3 Å². The summed E-state index contributed by atoms with van der Waals surface area (Å²) in [4.78, 5) is 22.3. The molecule has 124 valence electrons. The van der Waals surface area contributed by atoms with Gasteiger partial charge in [-0.15, -0.1) is 0 Å². The molecule has 2 aromatic heterocycles. The summed E-state index contributed by atoms with van der Waals surface area (Å²) in [5.41, 5.74) is 4.51.